The summed E-state index contributed by atoms with van der Waals surface area (Å²) in [6.07, 6.45) is 1.22. The van der Waals surface area contributed by atoms with Crippen molar-refractivity contribution in [3.8, 4) is 22.6 Å². The summed E-state index contributed by atoms with van der Waals surface area (Å²) in [6, 6.07) is 14.8. The lowest BCUT2D eigenvalue weighted by molar-refractivity contribution is 0.100. The van der Waals surface area contributed by atoms with Gasteiger partial charge in [0.1, 0.15) is 17.8 Å². The number of pyridine rings is 1. The Morgan fingerprint density at radius 2 is 1.87 bits per heavy atom. The number of hydrogen-bond acceptors (Lipinski definition) is 7. The molecule has 0 bridgehead atoms. The van der Waals surface area contributed by atoms with Crippen LogP contribution < -0.4 is 20.8 Å². The Kier molecular flexibility index (Phi) is 6.58. The highest BCUT2D eigenvalue weighted by molar-refractivity contribution is 7.92. The van der Waals surface area contributed by atoms with Gasteiger partial charge in [0, 0.05) is 39.7 Å². The van der Waals surface area contributed by atoms with Crippen molar-refractivity contribution in [2.75, 3.05) is 11.8 Å². The predicted octanol–water partition coefficient (Wildman–Crippen LogP) is 4.35. The molecule has 3 aromatic carbocycles. The van der Waals surface area contributed by atoms with Gasteiger partial charge in [0.05, 0.1) is 23.2 Å². The minimum Gasteiger partial charge on any atom is -0.495 e. The van der Waals surface area contributed by atoms with E-state index in [1.807, 2.05) is 0 Å². The van der Waals surface area contributed by atoms with E-state index in [2.05, 4.69) is 14.4 Å². The number of nitrogens with zero attached hydrogens (tertiary/aromatic N) is 2. The number of primary amides is 1. The Labute approximate surface area is 225 Å². The summed E-state index contributed by atoms with van der Waals surface area (Å²) in [5.74, 6) is -1.46. The molecule has 1 amide bonds. The van der Waals surface area contributed by atoms with Gasteiger partial charge in [0.2, 0.25) is 5.91 Å². The molecule has 0 spiro atoms. The first-order chi connectivity index (χ1) is 18.6. The third-order valence-corrected chi connectivity index (χ3v) is 7.49. The summed E-state index contributed by atoms with van der Waals surface area (Å²) < 4.78 is 54.8. The molecule has 0 radical (unpaired) electrons. The van der Waals surface area contributed by atoms with Crippen molar-refractivity contribution in [1.29, 1.82) is 0 Å². The van der Waals surface area contributed by atoms with Crippen molar-refractivity contribution >= 4 is 44.3 Å². The van der Waals surface area contributed by atoms with Crippen LogP contribution in [0.25, 0.3) is 27.7 Å². The molecule has 0 aliphatic heterocycles. The number of amides is 1. The van der Waals surface area contributed by atoms with Gasteiger partial charge in [-0.05, 0) is 48.0 Å². The number of nitrogens with one attached hydrogen (secondary N) is 1. The van der Waals surface area contributed by atoms with Crippen LogP contribution in [0.3, 0.4) is 0 Å². The normalized spacial score (nSPS) is 11.5. The molecule has 2 aromatic heterocycles. The molecular formula is C26H18ClFN4O6S. The molecule has 0 fully saturated rings. The second-order valence-corrected chi connectivity index (χ2v) is 10.4. The second-order valence-electron chi connectivity index (χ2n) is 8.28. The molecule has 13 heteroatoms. The van der Waals surface area contributed by atoms with Crippen LogP contribution in [0.1, 0.15) is 10.4 Å². The number of halogens is 2. The van der Waals surface area contributed by atoms with Crippen LogP contribution in [0.5, 0.6) is 5.75 Å². The third kappa shape index (κ3) is 4.82. The van der Waals surface area contributed by atoms with Crippen LogP contribution in [-0.4, -0.2) is 31.2 Å². The maximum atomic E-state index is 15.6. The Morgan fingerprint density at radius 3 is 2.56 bits per heavy atom. The number of sulfonamides is 1. The summed E-state index contributed by atoms with van der Waals surface area (Å²) in [4.78, 5) is 24.9. The van der Waals surface area contributed by atoms with Crippen molar-refractivity contribution in [2.24, 2.45) is 5.73 Å². The smallest absolute Gasteiger partial charge is 0.263 e. The number of anilines is 1. The molecule has 0 aliphatic rings. The number of hydrogen-bond donors (Lipinski definition) is 2. The summed E-state index contributed by atoms with van der Waals surface area (Å²) in [5, 5.41) is 4.16. The van der Waals surface area contributed by atoms with Crippen molar-refractivity contribution in [2.45, 2.75) is 4.90 Å². The molecule has 5 rings (SSSR count). The second kappa shape index (κ2) is 9.89. The minimum atomic E-state index is -4.02. The van der Waals surface area contributed by atoms with E-state index in [0.717, 1.165) is 6.07 Å². The van der Waals surface area contributed by atoms with Gasteiger partial charge in [-0.15, -0.1) is 0 Å². The number of benzene rings is 3. The van der Waals surface area contributed by atoms with Crippen molar-refractivity contribution in [1.82, 2.24) is 9.72 Å². The molecule has 10 nitrogen and oxygen atoms in total. The van der Waals surface area contributed by atoms with Gasteiger partial charge in [0.15, 0.2) is 5.82 Å². The summed E-state index contributed by atoms with van der Waals surface area (Å²) >= 11 is 5.99. The fourth-order valence-corrected chi connectivity index (χ4v) is 5.34. The lowest BCUT2D eigenvalue weighted by Crippen LogP contribution is -2.19. The van der Waals surface area contributed by atoms with E-state index in [1.165, 1.54) is 78.6 Å². The maximum absolute atomic E-state index is 15.6. The predicted molar refractivity (Wildman–Crippen MR) is 142 cm³/mol. The molecule has 39 heavy (non-hydrogen) atoms. The average molecular weight is 569 g/mol. The topological polar surface area (TPSA) is 147 Å². The monoisotopic (exact) mass is 568 g/mol. The highest BCUT2D eigenvalue weighted by Crippen LogP contribution is 2.36. The van der Waals surface area contributed by atoms with Gasteiger partial charge >= 0.3 is 0 Å². The Balaban J connectivity index is 1.66. The average Bonchev–Trinajstić information content (AvgIpc) is 3.40. The standard InChI is InChI=1S/C26H18ClFN4O6S/c1-37-23-12-18(17-5-3-15(27)11-19(17)26(29)34)20(28)13-22(23)32-21-6-4-16(10-14(21)2-7-25(32)33)39(35,36)31-24-8-9-38-30-24/h2-13H,1H3,(H2,29,34)(H,30,31). The van der Waals surface area contributed by atoms with Gasteiger partial charge in [-0.1, -0.05) is 22.8 Å². The molecule has 0 saturated heterocycles. The maximum Gasteiger partial charge on any atom is 0.263 e. The van der Waals surface area contributed by atoms with E-state index >= 15 is 4.39 Å². The molecule has 0 saturated carbocycles. The lowest BCUT2D eigenvalue weighted by Gasteiger charge is -2.17. The third-order valence-electron chi connectivity index (χ3n) is 5.90. The molecule has 5 aromatic rings. The van der Waals surface area contributed by atoms with E-state index in [-0.39, 0.29) is 49.4 Å². The van der Waals surface area contributed by atoms with Crippen LogP contribution in [-0.2, 0) is 10.0 Å². The first-order valence-corrected chi connectivity index (χ1v) is 13.0. The van der Waals surface area contributed by atoms with Gasteiger partial charge < -0.3 is 15.0 Å². The number of nitrogens with two attached hydrogens (primary N) is 1. The molecule has 0 unspecified atom stereocenters. The zero-order valence-electron chi connectivity index (χ0n) is 20.0. The summed E-state index contributed by atoms with van der Waals surface area (Å²) in [5.41, 5.74) is 5.49. The number of methoxy groups -OCH3 is 1. The van der Waals surface area contributed by atoms with E-state index in [9.17, 15) is 18.0 Å². The number of fused-ring (bicyclic) bond motifs is 1. The first kappa shape index (κ1) is 25.9. The summed E-state index contributed by atoms with van der Waals surface area (Å²) in [7, 11) is -2.68. The molecule has 0 aliphatic carbocycles. The first-order valence-electron chi connectivity index (χ1n) is 11.2. The fraction of sp³-hybridized carbons (Fsp3) is 0.0385. The highest BCUT2D eigenvalue weighted by atomic mass is 35.5. The van der Waals surface area contributed by atoms with Crippen molar-refractivity contribution < 1.29 is 26.9 Å². The SMILES string of the molecule is COc1cc(-c2ccc(Cl)cc2C(N)=O)c(F)cc1-n1c(=O)ccc2cc(S(=O)(=O)Nc3ccon3)ccc21. The van der Waals surface area contributed by atoms with Gasteiger partial charge in [-0.25, -0.2) is 12.8 Å². The Hall–Kier alpha value is -4.68. The highest BCUT2D eigenvalue weighted by Gasteiger charge is 2.21. The van der Waals surface area contributed by atoms with Crippen LogP contribution in [0.15, 0.2) is 87.2 Å². The van der Waals surface area contributed by atoms with Gasteiger partial charge in [0.25, 0.3) is 15.6 Å². The molecule has 2 heterocycles. The number of ether oxygens (including phenoxy) is 1. The molecule has 198 valence electrons. The van der Waals surface area contributed by atoms with E-state index in [4.69, 9.17) is 22.1 Å². The van der Waals surface area contributed by atoms with Crippen LogP contribution in [0.2, 0.25) is 5.02 Å². The lowest BCUT2D eigenvalue weighted by atomic mass is 9.98. The zero-order chi connectivity index (χ0) is 27.9. The molecular weight excluding hydrogens is 551 g/mol. The van der Waals surface area contributed by atoms with Crippen LogP contribution in [0, 0.1) is 5.82 Å². The van der Waals surface area contributed by atoms with E-state index in [0.29, 0.717) is 5.39 Å². The molecule has 0 atom stereocenters. The Morgan fingerprint density at radius 1 is 1.08 bits per heavy atom. The van der Waals surface area contributed by atoms with Crippen molar-refractivity contribution in [3.63, 3.8) is 0 Å². The van der Waals surface area contributed by atoms with Gasteiger partial charge in [-0.2, -0.15) is 0 Å². The Bertz CT molecular complexity index is 1920. The van der Waals surface area contributed by atoms with Gasteiger partial charge in [-0.3, -0.25) is 18.9 Å². The summed E-state index contributed by atoms with van der Waals surface area (Å²) in [6.45, 7) is 0. The van der Waals surface area contributed by atoms with Crippen LogP contribution >= 0.6 is 11.6 Å². The van der Waals surface area contributed by atoms with E-state index in [1.54, 1.807) is 0 Å². The van der Waals surface area contributed by atoms with Crippen molar-refractivity contribution in [3.05, 3.63) is 99.8 Å². The fourth-order valence-electron chi connectivity index (χ4n) is 4.14. The largest absolute Gasteiger partial charge is 0.495 e. The van der Waals surface area contributed by atoms with E-state index < -0.39 is 27.3 Å². The van der Waals surface area contributed by atoms with Crippen LogP contribution in [0.4, 0.5) is 10.2 Å². The quantitative estimate of drug-likeness (QED) is 0.297. The number of carbonyl (C=O) groups excluding carboxylic acids is 1. The molecule has 3 N–H and O–H groups in total. The minimum absolute atomic E-state index is 0.000508. The number of aromatic nitrogens is 2. The number of carbonyl (C=O) groups is 1. The zero-order valence-corrected chi connectivity index (χ0v) is 21.6. The number of rotatable bonds is 7.